The van der Waals surface area contributed by atoms with Gasteiger partial charge in [-0.1, -0.05) is 51.1 Å². The Hall–Kier alpha value is -2.48. The van der Waals surface area contributed by atoms with Gasteiger partial charge < -0.3 is 4.90 Å². The zero-order chi connectivity index (χ0) is 27.3. The van der Waals surface area contributed by atoms with E-state index in [1.807, 2.05) is 18.2 Å². The number of para-hydroxylation sites is 1. The second-order valence-corrected chi connectivity index (χ2v) is 12.1. The zero-order valence-electron chi connectivity index (χ0n) is 23.2. The number of phosphoric acid groups is 1. The van der Waals surface area contributed by atoms with Crippen molar-refractivity contribution in [3.63, 3.8) is 0 Å². The normalized spacial score (nSPS) is 15.3. The average molecular weight is 542 g/mol. The van der Waals surface area contributed by atoms with E-state index in [4.69, 9.17) is 13.6 Å². The monoisotopic (exact) mass is 541 g/mol. The van der Waals surface area contributed by atoms with Gasteiger partial charge in [0.05, 0.1) is 30.9 Å². The summed E-state index contributed by atoms with van der Waals surface area (Å²) in [7, 11) is -3.51. The lowest BCUT2D eigenvalue weighted by molar-refractivity contribution is 0.107. The average Bonchev–Trinajstić information content (AvgIpc) is 3.23. The molecule has 2 aromatic carbocycles. The lowest BCUT2D eigenvalue weighted by Crippen LogP contribution is -2.48. The van der Waals surface area contributed by atoms with Crippen LogP contribution >= 0.6 is 7.82 Å². The van der Waals surface area contributed by atoms with Crippen LogP contribution in [0.4, 0.5) is 5.82 Å². The van der Waals surface area contributed by atoms with Crippen LogP contribution in [0.2, 0.25) is 0 Å². The van der Waals surface area contributed by atoms with Crippen LogP contribution in [0.5, 0.6) is 0 Å². The van der Waals surface area contributed by atoms with Crippen molar-refractivity contribution >= 4 is 30.8 Å². The molecule has 0 N–H and O–H groups in total. The minimum Gasteiger partial charge on any atom is -0.355 e. The first kappa shape index (κ1) is 28.5. The Bertz CT molecular complexity index is 1260. The number of aromatic nitrogens is 1. The molecule has 0 atom stereocenters. The summed E-state index contributed by atoms with van der Waals surface area (Å²) in [6.07, 6.45) is 0.983. The Labute approximate surface area is 226 Å². The Morgan fingerprint density at radius 2 is 1.53 bits per heavy atom. The number of phosphoric ester groups is 1. The van der Waals surface area contributed by atoms with E-state index in [0.29, 0.717) is 12.1 Å². The third-order valence-corrected chi connectivity index (χ3v) is 8.55. The van der Waals surface area contributed by atoms with Crippen LogP contribution in [0.1, 0.15) is 50.5 Å². The van der Waals surface area contributed by atoms with E-state index in [-0.39, 0.29) is 25.2 Å². The van der Waals surface area contributed by atoms with Gasteiger partial charge in [-0.3, -0.25) is 27.8 Å². The van der Waals surface area contributed by atoms with E-state index in [2.05, 4.69) is 65.5 Å². The fraction of sp³-hybridized carbons (Fsp3) is 0.483. The quantitative estimate of drug-likeness (QED) is 0.216. The largest absolute Gasteiger partial charge is 0.474 e. The molecule has 0 radical (unpaired) electrons. The summed E-state index contributed by atoms with van der Waals surface area (Å²) in [6.45, 7) is 14.7. The molecule has 1 aromatic heterocycles. The molecule has 1 aliphatic heterocycles. The maximum atomic E-state index is 12.6. The first-order valence-electron chi connectivity index (χ1n) is 13.4. The standard InChI is InChI=1S/C29H40N3O5P/c1-6-35-38(34,36-7-2)37-21-20-30-16-18-31(19-17-30)28-26(22-33)25-10-8-9-11-27(25)32(28)24-14-12-23(13-15-24)29(3,4)5/h8-15,22H,6-7,16-21H2,1-5H3. The zero-order valence-corrected chi connectivity index (χ0v) is 24.1. The van der Waals surface area contributed by atoms with Crippen molar-refractivity contribution in [2.75, 3.05) is 57.4 Å². The highest BCUT2D eigenvalue weighted by molar-refractivity contribution is 7.48. The molecule has 38 heavy (non-hydrogen) atoms. The highest BCUT2D eigenvalue weighted by Gasteiger charge is 2.28. The van der Waals surface area contributed by atoms with Gasteiger partial charge in [0, 0.05) is 43.8 Å². The van der Waals surface area contributed by atoms with E-state index >= 15 is 0 Å². The number of carbonyl (C=O) groups is 1. The number of anilines is 1. The maximum Gasteiger partial charge on any atom is 0.474 e. The number of carbonyl (C=O) groups excluding carboxylic acids is 1. The molecule has 1 aliphatic rings. The number of benzene rings is 2. The van der Waals surface area contributed by atoms with Crippen LogP contribution in [0.15, 0.2) is 48.5 Å². The van der Waals surface area contributed by atoms with E-state index < -0.39 is 7.82 Å². The van der Waals surface area contributed by atoms with E-state index in [9.17, 15) is 9.36 Å². The van der Waals surface area contributed by atoms with Gasteiger partial charge >= 0.3 is 7.82 Å². The highest BCUT2D eigenvalue weighted by Crippen LogP contribution is 2.49. The fourth-order valence-corrected chi connectivity index (χ4v) is 6.11. The fourth-order valence-electron chi connectivity index (χ4n) is 4.94. The van der Waals surface area contributed by atoms with Crippen molar-refractivity contribution in [2.45, 2.75) is 40.0 Å². The third kappa shape index (κ3) is 6.22. The molecule has 0 aliphatic carbocycles. The van der Waals surface area contributed by atoms with Gasteiger partial charge in [-0.25, -0.2) is 4.57 Å². The first-order valence-corrected chi connectivity index (χ1v) is 14.9. The number of hydrogen-bond acceptors (Lipinski definition) is 7. The summed E-state index contributed by atoms with van der Waals surface area (Å²) in [6, 6.07) is 16.7. The summed E-state index contributed by atoms with van der Waals surface area (Å²) in [5.74, 6) is 0.929. The molecule has 2 heterocycles. The maximum absolute atomic E-state index is 12.6. The summed E-state index contributed by atoms with van der Waals surface area (Å²) in [5, 5.41) is 0.954. The van der Waals surface area contributed by atoms with Crippen molar-refractivity contribution < 1.29 is 22.9 Å². The smallest absolute Gasteiger partial charge is 0.355 e. The van der Waals surface area contributed by atoms with Crippen molar-refractivity contribution in [3.05, 3.63) is 59.7 Å². The van der Waals surface area contributed by atoms with Gasteiger partial charge in [-0.15, -0.1) is 0 Å². The second-order valence-electron chi connectivity index (χ2n) is 10.4. The first-order chi connectivity index (χ1) is 18.2. The molecule has 0 spiro atoms. The van der Waals surface area contributed by atoms with E-state index in [1.165, 1.54) is 5.56 Å². The highest BCUT2D eigenvalue weighted by atomic mass is 31.2. The minimum atomic E-state index is -3.51. The van der Waals surface area contributed by atoms with Crippen molar-refractivity contribution in [1.82, 2.24) is 9.47 Å². The molecular weight excluding hydrogens is 501 g/mol. The molecule has 0 bridgehead atoms. The molecule has 206 valence electrons. The predicted octanol–water partition coefficient (Wildman–Crippen LogP) is 6.06. The van der Waals surface area contributed by atoms with Gasteiger partial charge in [0.1, 0.15) is 5.82 Å². The van der Waals surface area contributed by atoms with Crippen LogP contribution in [0, 0.1) is 0 Å². The molecular formula is C29H40N3O5P. The van der Waals surface area contributed by atoms with Gasteiger partial charge in [-0.2, -0.15) is 0 Å². The van der Waals surface area contributed by atoms with Crippen molar-refractivity contribution in [2.24, 2.45) is 0 Å². The van der Waals surface area contributed by atoms with Crippen molar-refractivity contribution in [1.29, 1.82) is 0 Å². The molecule has 1 saturated heterocycles. The molecule has 3 aromatic rings. The number of hydrogen-bond donors (Lipinski definition) is 0. The molecule has 9 heteroatoms. The van der Waals surface area contributed by atoms with E-state index in [1.54, 1.807) is 13.8 Å². The van der Waals surface area contributed by atoms with Crippen LogP contribution in [-0.4, -0.2) is 68.3 Å². The molecule has 0 saturated carbocycles. The van der Waals surface area contributed by atoms with Crippen LogP contribution in [0.3, 0.4) is 0 Å². The number of fused-ring (bicyclic) bond motifs is 1. The number of nitrogens with zero attached hydrogens (tertiary/aromatic N) is 3. The van der Waals surface area contributed by atoms with E-state index in [0.717, 1.165) is 54.9 Å². The summed E-state index contributed by atoms with van der Waals surface area (Å²) in [5.41, 5.74) is 4.10. The molecule has 8 nitrogen and oxygen atoms in total. The summed E-state index contributed by atoms with van der Waals surface area (Å²) >= 11 is 0. The number of piperazine rings is 1. The Morgan fingerprint density at radius 1 is 0.895 bits per heavy atom. The van der Waals surface area contributed by atoms with Gasteiger partial charge in [0.2, 0.25) is 0 Å². The van der Waals surface area contributed by atoms with Gasteiger partial charge in [-0.05, 0) is 43.0 Å². The summed E-state index contributed by atoms with van der Waals surface area (Å²) < 4.78 is 30.7. The molecule has 1 fully saturated rings. The van der Waals surface area contributed by atoms with Crippen LogP contribution < -0.4 is 4.90 Å². The molecule has 0 amide bonds. The lowest BCUT2D eigenvalue weighted by Gasteiger charge is -2.36. The third-order valence-electron chi connectivity index (χ3n) is 6.90. The molecule has 4 rings (SSSR count). The van der Waals surface area contributed by atoms with Crippen LogP contribution in [-0.2, 0) is 23.6 Å². The number of aldehydes is 1. The lowest BCUT2D eigenvalue weighted by atomic mass is 9.87. The number of rotatable bonds is 11. The minimum absolute atomic E-state index is 0.0627. The second kappa shape index (κ2) is 12.1. The Balaban J connectivity index is 1.55. The van der Waals surface area contributed by atoms with Crippen molar-refractivity contribution in [3.8, 4) is 5.69 Å². The molecule has 0 unspecified atom stereocenters. The predicted molar refractivity (Wildman–Crippen MR) is 153 cm³/mol. The Kier molecular flexibility index (Phi) is 9.11. The Morgan fingerprint density at radius 3 is 2.11 bits per heavy atom. The van der Waals surface area contributed by atoms with Gasteiger partial charge in [0.25, 0.3) is 0 Å². The summed E-state index contributed by atoms with van der Waals surface area (Å²) in [4.78, 5) is 17.0. The van der Waals surface area contributed by atoms with Gasteiger partial charge in [0.15, 0.2) is 6.29 Å². The topological polar surface area (TPSA) is 73.2 Å². The van der Waals surface area contributed by atoms with Crippen LogP contribution in [0.25, 0.3) is 16.6 Å². The SMILES string of the molecule is CCOP(=O)(OCC)OCCN1CCN(c2c(C=O)c3ccccc3n2-c2ccc(C(C)(C)C)cc2)CC1.